The van der Waals surface area contributed by atoms with E-state index in [2.05, 4.69) is 17.4 Å². The van der Waals surface area contributed by atoms with E-state index in [1.807, 2.05) is 18.2 Å². The number of sulfonamides is 1. The Bertz CT molecular complexity index is 1200. The average molecular weight is 499 g/mol. The van der Waals surface area contributed by atoms with Crippen LogP contribution in [0.5, 0.6) is 11.5 Å². The molecule has 0 unspecified atom stereocenters. The molecule has 34 heavy (non-hydrogen) atoms. The van der Waals surface area contributed by atoms with Crippen LogP contribution >= 0.6 is 11.8 Å². The Morgan fingerprint density at radius 1 is 0.912 bits per heavy atom. The number of ether oxygens (including phenoxy) is 2. The first kappa shape index (κ1) is 24.0. The lowest BCUT2D eigenvalue weighted by atomic mass is 10.2. The van der Waals surface area contributed by atoms with Crippen LogP contribution in [0.3, 0.4) is 0 Å². The van der Waals surface area contributed by atoms with E-state index in [1.165, 1.54) is 17.7 Å². The number of nitrogens with one attached hydrogen (secondary N) is 1. The van der Waals surface area contributed by atoms with Crippen molar-refractivity contribution in [2.24, 2.45) is 0 Å². The number of hydrogen-bond acceptors (Lipinski definition) is 6. The van der Waals surface area contributed by atoms with E-state index in [0.717, 1.165) is 15.8 Å². The average Bonchev–Trinajstić information content (AvgIpc) is 2.88. The van der Waals surface area contributed by atoms with Gasteiger partial charge in [-0.05, 0) is 29.8 Å². The number of anilines is 1. The molecule has 0 radical (unpaired) electrons. The molecule has 178 valence electrons. The van der Waals surface area contributed by atoms with Crippen LogP contribution in [0.25, 0.3) is 0 Å². The predicted octanol–water partition coefficient (Wildman–Crippen LogP) is 3.70. The van der Waals surface area contributed by atoms with Crippen molar-refractivity contribution in [3.8, 4) is 11.5 Å². The highest BCUT2D eigenvalue weighted by atomic mass is 32.2. The van der Waals surface area contributed by atoms with Crippen LogP contribution < -0.4 is 19.1 Å². The van der Waals surface area contributed by atoms with Crippen molar-refractivity contribution in [1.29, 1.82) is 0 Å². The topological polar surface area (TPSA) is 84.9 Å². The van der Waals surface area contributed by atoms with E-state index in [1.54, 1.807) is 48.2 Å². The van der Waals surface area contributed by atoms with Gasteiger partial charge in [-0.2, -0.15) is 11.8 Å². The molecule has 0 spiro atoms. The van der Waals surface area contributed by atoms with Gasteiger partial charge in [-0.25, -0.2) is 8.42 Å². The molecule has 1 aliphatic rings. The van der Waals surface area contributed by atoms with Crippen molar-refractivity contribution in [3.63, 3.8) is 0 Å². The minimum Gasteiger partial charge on any atom is -0.486 e. The maximum Gasteiger partial charge on any atom is 0.264 e. The normalized spacial score (nSPS) is 12.7. The van der Waals surface area contributed by atoms with Crippen molar-refractivity contribution >= 4 is 33.4 Å². The highest BCUT2D eigenvalue weighted by molar-refractivity contribution is 7.98. The molecule has 1 N–H and O–H groups in total. The van der Waals surface area contributed by atoms with Gasteiger partial charge in [0.05, 0.1) is 10.6 Å². The van der Waals surface area contributed by atoms with E-state index in [0.29, 0.717) is 36.9 Å². The van der Waals surface area contributed by atoms with Crippen LogP contribution in [-0.4, -0.2) is 46.4 Å². The third-order valence-electron chi connectivity index (χ3n) is 5.11. The Balaban J connectivity index is 1.44. The Morgan fingerprint density at radius 2 is 1.59 bits per heavy atom. The third kappa shape index (κ3) is 6.03. The summed E-state index contributed by atoms with van der Waals surface area (Å²) in [6.07, 6.45) is 0. The molecule has 1 heterocycles. The smallest absolute Gasteiger partial charge is 0.264 e. The Labute approximate surface area is 204 Å². The number of fused-ring (bicyclic) bond motifs is 1. The van der Waals surface area contributed by atoms with Crippen molar-refractivity contribution in [2.75, 3.05) is 36.4 Å². The summed E-state index contributed by atoms with van der Waals surface area (Å²) in [4.78, 5) is 12.9. The lowest BCUT2D eigenvalue weighted by molar-refractivity contribution is -0.119. The largest absolute Gasteiger partial charge is 0.486 e. The highest BCUT2D eigenvalue weighted by Gasteiger charge is 2.28. The van der Waals surface area contributed by atoms with E-state index >= 15 is 0 Å². The van der Waals surface area contributed by atoms with Crippen molar-refractivity contribution in [2.45, 2.75) is 10.6 Å². The molecule has 0 fully saturated rings. The Hall–Kier alpha value is -3.17. The summed E-state index contributed by atoms with van der Waals surface area (Å²) < 4.78 is 39.1. The van der Waals surface area contributed by atoms with Gasteiger partial charge < -0.3 is 14.8 Å². The molecule has 1 amide bonds. The summed E-state index contributed by atoms with van der Waals surface area (Å²) in [5.74, 6) is 2.19. The predicted molar refractivity (Wildman–Crippen MR) is 134 cm³/mol. The van der Waals surface area contributed by atoms with Gasteiger partial charge in [-0.15, -0.1) is 0 Å². The fourth-order valence-corrected chi connectivity index (χ4v) is 5.69. The fourth-order valence-electron chi connectivity index (χ4n) is 3.44. The van der Waals surface area contributed by atoms with Gasteiger partial charge in [-0.3, -0.25) is 9.10 Å². The van der Waals surface area contributed by atoms with E-state index < -0.39 is 10.0 Å². The van der Waals surface area contributed by atoms with Crippen molar-refractivity contribution in [3.05, 3.63) is 84.4 Å². The van der Waals surface area contributed by atoms with Crippen LogP contribution in [-0.2, 0) is 20.6 Å². The summed E-state index contributed by atoms with van der Waals surface area (Å²) in [5.41, 5.74) is 1.55. The van der Waals surface area contributed by atoms with Gasteiger partial charge in [0.25, 0.3) is 10.0 Å². The first-order valence-corrected chi connectivity index (χ1v) is 13.5. The molecule has 0 saturated heterocycles. The number of amides is 1. The molecular formula is C25H26N2O5S2. The number of carbonyl (C=O) groups is 1. The van der Waals surface area contributed by atoms with Gasteiger partial charge in [0.2, 0.25) is 5.91 Å². The zero-order valence-corrected chi connectivity index (χ0v) is 20.2. The second kappa shape index (κ2) is 11.3. The summed E-state index contributed by atoms with van der Waals surface area (Å²) in [6.45, 7) is 0.906. The van der Waals surface area contributed by atoms with Crippen LogP contribution in [0.4, 0.5) is 5.69 Å². The Kier molecular flexibility index (Phi) is 7.97. The number of thioether (sulfide) groups is 1. The molecule has 3 aromatic rings. The van der Waals surface area contributed by atoms with E-state index in [9.17, 15) is 13.2 Å². The number of carbonyl (C=O) groups excluding carboxylic acids is 1. The van der Waals surface area contributed by atoms with Crippen molar-refractivity contribution < 1.29 is 22.7 Å². The fraction of sp³-hybridized carbons (Fsp3) is 0.240. The van der Waals surface area contributed by atoms with Crippen LogP contribution in [0.1, 0.15) is 5.56 Å². The summed E-state index contributed by atoms with van der Waals surface area (Å²) in [7, 11) is -3.98. The maximum absolute atomic E-state index is 13.4. The SMILES string of the molecule is O=C(CN(c1ccc2c(c1)OCCO2)S(=O)(=O)c1ccccc1)NCCSCc1ccccc1. The quantitative estimate of drug-likeness (QED) is 0.429. The zero-order valence-electron chi connectivity index (χ0n) is 18.6. The molecule has 0 saturated carbocycles. The minimum atomic E-state index is -3.98. The molecule has 7 nitrogen and oxygen atoms in total. The maximum atomic E-state index is 13.4. The molecule has 9 heteroatoms. The molecule has 0 aromatic heterocycles. The van der Waals surface area contributed by atoms with Gasteiger partial charge in [-0.1, -0.05) is 48.5 Å². The number of nitrogens with zero attached hydrogens (tertiary/aromatic N) is 1. The third-order valence-corrected chi connectivity index (χ3v) is 7.93. The second-order valence-corrected chi connectivity index (χ2v) is 10.5. The van der Waals surface area contributed by atoms with Gasteiger partial charge in [0, 0.05) is 24.1 Å². The Morgan fingerprint density at radius 3 is 2.32 bits per heavy atom. The number of rotatable bonds is 10. The van der Waals surface area contributed by atoms with Gasteiger partial charge in [0.1, 0.15) is 19.8 Å². The summed E-state index contributed by atoms with van der Waals surface area (Å²) in [5, 5.41) is 2.83. The summed E-state index contributed by atoms with van der Waals surface area (Å²) in [6, 6.07) is 23.0. The first-order valence-electron chi connectivity index (χ1n) is 10.9. The van der Waals surface area contributed by atoms with E-state index in [-0.39, 0.29) is 17.3 Å². The van der Waals surface area contributed by atoms with Gasteiger partial charge in [0.15, 0.2) is 11.5 Å². The number of benzene rings is 3. The van der Waals surface area contributed by atoms with Crippen LogP contribution in [0, 0.1) is 0 Å². The van der Waals surface area contributed by atoms with Crippen LogP contribution in [0.15, 0.2) is 83.8 Å². The molecule has 0 bridgehead atoms. The second-order valence-electron chi connectivity index (χ2n) is 7.54. The standard InChI is InChI=1S/C25H26N2O5S2/c28-25(26-13-16-33-19-20-7-3-1-4-8-20)18-27(34(29,30)22-9-5-2-6-10-22)21-11-12-23-24(17-21)32-15-14-31-23/h1-12,17H,13-16,18-19H2,(H,26,28). The van der Waals surface area contributed by atoms with Crippen LogP contribution in [0.2, 0.25) is 0 Å². The molecule has 0 aliphatic carbocycles. The molecule has 0 atom stereocenters. The highest BCUT2D eigenvalue weighted by Crippen LogP contribution is 2.35. The lowest BCUT2D eigenvalue weighted by Crippen LogP contribution is -2.41. The minimum absolute atomic E-state index is 0.108. The van der Waals surface area contributed by atoms with Crippen molar-refractivity contribution in [1.82, 2.24) is 5.32 Å². The molecular weight excluding hydrogens is 472 g/mol. The monoisotopic (exact) mass is 498 g/mol. The summed E-state index contributed by atoms with van der Waals surface area (Å²) >= 11 is 1.70. The first-order chi connectivity index (χ1) is 16.5. The van der Waals surface area contributed by atoms with Gasteiger partial charge >= 0.3 is 0 Å². The van der Waals surface area contributed by atoms with E-state index in [4.69, 9.17) is 9.47 Å². The molecule has 3 aromatic carbocycles. The lowest BCUT2D eigenvalue weighted by Gasteiger charge is -2.26. The zero-order chi connectivity index (χ0) is 23.8. The molecule has 1 aliphatic heterocycles. The number of hydrogen-bond donors (Lipinski definition) is 1. The molecule has 4 rings (SSSR count).